The number of nitrogens with two attached hydrogens (primary N) is 1. The second kappa shape index (κ2) is 8.80. The van der Waals surface area contributed by atoms with E-state index in [9.17, 15) is 14.7 Å². The minimum Gasteiger partial charge on any atom is -0.477 e. The normalized spacial score (nSPS) is 21.3. The van der Waals surface area contributed by atoms with E-state index in [0.717, 1.165) is 17.3 Å². The summed E-state index contributed by atoms with van der Waals surface area (Å²) in [6.07, 6.45) is 1.90. The maximum Gasteiger partial charge on any atom is 0.353 e. The van der Waals surface area contributed by atoms with Crippen LogP contribution >= 0.6 is 35.7 Å². The number of rotatable bonds is 7. The highest BCUT2D eigenvalue weighted by Gasteiger charge is 2.53. The number of carbonyl (C=O) groups excluding carboxylic acids is 1. The fraction of sp³-hybridized carbons (Fsp3) is 0.222. The van der Waals surface area contributed by atoms with Gasteiger partial charge in [0.1, 0.15) is 22.9 Å². The van der Waals surface area contributed by atoms with Crippen LogP contribution in [-0.2, 0) is 16.0 Å². The van der Waals surface area contributed by atoms with Gasteiger partial charge in [-0.2, -0.15) is 0 Å². The standard InChI is InChI=1S/C18H18N4O3S3/c19-12(20)6-7-27-11-9-28-17-14(16(23)22(17)15(11)18(24)25)21-13(26)8-10-4-2-1-3-5-10/h1-7,14,17H,8-9H2,(H3,19,20)(H,21,26)(H,24,25)/b7-6+/t14?,17-/m1/s1. The second-order valence-corrected chi connectivity index (χ2v) is 8.67. The van der Waals surface area contributed by atoms with Crippen LogP contribution in [0.4, 0.5) is 0 Å². The number of hydrogen-bond donors (Lipinski definition) is 4. The molecule has 2 heterocycles. The van der Waals surface area contributed by atoms with E-state index >= 15 is 0 Å². The van der Waals surface area contributed by atoms with Crippen molar-refractivity contribution in [3.05, 3.63) is 58.0 Å². The summed E-state index contributed by atoms with van der Waals surface area (Å²) in [7, 11) is 0. The number of benzene rings is 1. The molecule has 10 heteroatoms. The molecule has 0 aliphatic carbocycles. The Morgan fingerprint density at radius 1 is 1.46 bits per heavy atom. The summed E-state index contributed by atoms with van der Waals surface area (Å²) in [6, 6.07) is 9.16. The number of carboxylic acid groups (broad SMARTS) is 1. The molecule has 2 atom stereocenters. The molecule has 1 amide bonds. The number of thiocarbonyl (C=S) groups is 1. The summed E-state index contributed by atoms with van der Waals surface area (Å²) in [5, 5.41) is 21.1. The fourth-order valence-electron chi connectivity index (χ4n) is 2.88. The number of fused-ring (bicyclic) bond motifs is 1. The minimum atomic E-state index is -1.15. The van der Waals surface area contributed by atoms with Crippen LogP contribution in [0.1, 0.15) is 5.56 Å². The Morgan fingerprint density at radius 3 is 2.82 bits per heavy atom. The van der Waals surface area contributed by atoms with E-state index in [1.165, 1.54) is 22.7 Å². The molecule has 1 fully saturated rings. The molecule has 2 aliphatic heterocycles. The predicted molar refractivity (Wildman–Crippen MR) is 116 cm³/mol. The smallest absolute Gasteiger partial charge is 0.353 e. The van der Waals surface area contributed by atoms with Gasteiger partial charge in [-0.25, -0.2) is 4.79 Å². The largest absolute Gasteiger partial charge is 0.477 e. The van der Waals surface area contributed by atoms with Crippen molar-refractivity contribution in [3.8, 4) is 0 Å². The molecule has 1 unspecified atom stereocenters. The zero-order chi connectivity index (χ0) is 20.3. The van der Waals surface area contributed by atoms with Crippen molar-refractivity contribution < 1.29 is 14.7 Å². The quantitative estimate of drug-likeness (QED) is 0.222. The van der Waals surface area contributed by atoms with Crippen molar-refractivity contribution in [2.75, 3.05) is 5.75 Å². The van der Waals surface area contributed by atoms with Gasteiger partial charge in [-0.3, -0.25) is 15.1 Å². The first-order valence-corrected chi connectivity index (χ1v) is 10.6. The molecule has 2 aliphatic rings. The van der Waals surface area contributed by atoms with E-state index < -0.39 is 12.0 Å². The number of carbonyl (C=O) groups is 2. The average molecular weight is 435 g/mol. The lowest BCUT2D eigenvalue weighted by Crippen LogP contribution is -2.70. The number of amidine groups is 1. The summed E-state index contributed by atoms with van der Waals surface area (Å²) in [5.41, 5.74) is 6.29. The van der Waals surface area contributed by atoms with Gasteiger partial charge < -0.3 is 16.2 Å². The molecular formula is C18H18N4O3S3. The Bertz CT molecular complexity index is 885. The molecule has 0 spiro atoms. The van der Waals surface area contributed by atoms with Crippen LogP contribution in [0.3, 0.4) is 0 Å². The van der Waals surface area contributed by atoms with Gasteiger partial charge in [0.05, 0.1) is 4.99 Å². The zero-order valence-corrected chi connectivity index (χ0v) is 17.1. The number of carboxylic acids is 1. The molecule has 1 aromatic carbocycles. The third kappa shape index (κ3) is 4.40. The summed E-state index contributed by atoms with van der Waals surface area (Å²) in [5.74, 6) is -1.13. The lowest BCUT2D eigenvalue weighted by atomic mass is 10.0. The van der Waals surface area contributed by atoms with Gasteiger partial charge in [0.2, 0.25) is 0 Å². The lowest BCUT2D eigenvalue weighted by molar-refractivity contribution is -0.148. The predicted octanol–water partition coefficient (Wildman–Crippen LogP) is 1.91. The van der Waals surface area contributed by atoms with Crippen LogP contribution in [0, 0.1) is 5.41 Å². The SMILES string of the molecule is N=C(N)/C=C/SC1=C(C(=O)O)N2C(=O)C(NC(=S)Cc3ccccc3)[C@H]2SC1. The Morgan fingerprint density at radius 2 is 2.18 bits per heavy atom. The van der Waals surface area contributed by atoms with E-state index in [0.29, 0.717) is 22.1 Å². The molecule has 0 bridgehead atoms. The minimum absolute atomic E-state index is 0.0148. The molecule has 146 valence electrons. The van der Waals surface area contributed by atoms with E-state index in [-0.39, 0.29) is 22.8 Å². The number of hydrogen-bond acceptors (Lipinski definition) is 6. The van der Waals surface area contributed by atoms with Gasteiger partial charge in [-0.05, 0) is 17.0 Å². The first kappa shape index (κ1) is 20.4. The monoisotopic (exact) mass is 434 g/mol. The number of aliphatic carboxylic acids is 1. The van der Waals surface area contributed by atoms with Crippen LogP contribution in [0.2, 0.25) is 0 Å². The maximum atomic E-state index is 12.6. The van der Waals surface area contributed by atoms with Gasteiger partial charge in [0.25, 0.3) is 5.91 Å². The fourth-order valence-corrected chi connectivity index (χ4v) is 5.52. The molecule has 1 aromatic rings. The van der Waals surface area contributed by atoms with Crippen LogP contribution < -0.4 is 11.1 Å². The van der Waals surface area contributed by atoms with Crippen molar-refractivity contribution in [3.63, 3.8) is 0 Å². The molecule has 28 heavy (non-hydrogen) atoms. The van der Waals surface area contributed by atoms with E-state index in [1.54, 1.807) is 5.41 Å². The Balaban J connectivity index is 1.69. The summed E-state index contributed by atoms with van der Waals surface area (Å²) in [6.45, 7) is 0. The Kier molecular flexibility index (Phi) is 6.42. The van der Waals surface area contributed by atoms with Crippen LogP contribution in [0.25, 0.3) is 0 Å². The average Bonchev–Trinajstić information content (AvgIpc) is 2.66. The Labute approximate surface area is 175 Å². The van der Waals surface area contributed by atoms with Gasteiger partial charge in [-0.1, -0.05) is 54.3 Å². The molecule has 0 saturated carbocycles. The maximum absolute atomic E-state index is 12.6. The van der Waals surface area contributed by atoms with Crippen LogP contribution in [0.15, 0.2) is 52.4 Å². The van der Waals surface area contributed by atoms with E-state index in [4.69, 9.17) is 23.4 Å². The van der Waals surface area contributed by atoms with Crippen molar-refractivity contribution in [2.45, 2.75) is 17.8 Å². The van der Waals surface area contributed by atoms with Gasteiger partial charge in [0.15, 0.2) is 0 Å². The number of thioether (sulfide) groups is 2. The van der Waals surface area contributed by atoms with Crippen molar-refractivity contribution in [1.82, 2.24) is 10.2 Å². The molecular weight excluding hydrogens is 416 g/mol. The van der Waals surface area contributed by atoms with Crippen molar-refractivity contribution in [2.24, 2.45) is 5.73 Å². The van der Waals surface area contributed by atoms with Crippen LogP contribution in [0.5, 0.6) is 0 Å². The second-order valence-electron chi connectivity index (χ2n) is 6.07. The van der Waals surface area contributed by atoms with Gasteiger partial charge in [0, 0.05) is 17.1 Å². The summed E-state index contributed by atoms with van der Waals surface area (Å²) >= 11 is 8.02. The third-order valence-electron chi connectivity index (χ3n) is 4.12. The first-order chi connectivity index (χ1) is 13.4. The molecule has 3 rings (SSSR count). The molecule has 0 radical (unpaired) electrons. The zero-order valence-electron chi connectivity index (χ0n) is 14.6. The molecule has 5 N–H and O–H groups in total. The summed E-state index contributed by atoms with van der Waals surface area (Å²) < 4.78 is 0. The third-order valence-corrected chi connectivity index (χ3v) is 6.74. The highest BCUT2D eigenvalue weighted by Crippen LogP contribution is 2.43. The van der Waals surface area contributed by atoms with Gasteiger partial charge in [-0.15, -0.1) is 11.8 Å². The summed E-state index contributed by atoms with van der Waals surface area (Å²) in [4.78, 5) is 26.8. The number of β-lactam (4-membered cyclic amide) rings is 1. The Hall–Kier alpha value is -2.30. The number of nitrogens with zero attached hydrogens (tertiary/aromatic N) is 1. The molecule has 1 saturated heterocycles. The molecule has 0 aromatic heterocycles. The van der Waals surface area contributed by atoms with Crippen LogP contribution in [-0.4, -0.2) is 49.9 Å². The van der Waals surface area contributed by atoms with E-state index in [2.05, 4.69) is 5.32 Å². The highest BCUT2D eigenvalue weighted by atomic mass is 32.2. The number of amides is 1. The first-order valence-electron chi connectivity index (χ1n) is 8.30. The highest BCUT2D eigenvalue weighted by molar-refractivity contribution is 8.08. The van der Waals surface area contributed by atoms with E-state index in [1.807, 2.05) is 30.3 Å². The number of nitrogens with one attached hydrogen (secondary N) is 2. The van der Waals surface area contributed by atoms with Crippen molar-refractivity contribution in [1.29, 1.82) is 5.41 Å². The van der Waals surface area contributed by atoms with Crippen molar-refractivity contribution >= 4 is 58.4 Å². The lowest BCUT2D eigenvalue weighted by Gasteiger charge is -2.49. The topological polar surface area (TPSA) is 120 Å². The molecule has 7 nitrogen and oxygen atoms in total. The van der Waals surface area contributed by atoms with Gasteiger partial charge >= 0.3 is 5.97 Å².